The molecule has 0 aliphatic carbocycles. The van der Waals surface area contributed by atoms with E-state index in [0.29, 0.717) is 53.8 Å². The van der Waals surface area contributed by atoms with Crippen molar-refractivity contribution >= 4 is 11.6 Å². The maximum Gasteiger partial charge on any atom is 0.256 e. The molecule has 128 valence electrons. The van der Waals surface area contributed by atoms with Crippen molar-refractivity contribution in [2.24, 2.45) is 0 Å². The van der Waals surface area contributed by atoms with Crippen molar-refractivity contribution < 1.29 is 8.81 Å². The molecule has 4 heterocycles. The van der Waals surface area contributed by atoms with E-state index in [4.69, 9.17) is 16.0 Å². The van der Waals surface area contributed by atoms with Gasteiger partial charge in [0, 0.05) is 37.8 Å². The number of H-pyrrole nitrogens is 1. The summed E-state index contributed by atoms with van der Waals surface area (Å²) in [5.74, 6) is 0.400. The molecule has 0 radical (unpaired) electrons. The van der Waals surface area contributed by atoms with E-state index in [1.807, 2.05) is 4.90 Å². The van der Waals surface area contributed by atoms with Gasteiger partial charge in [-0.2, -0.15) is 4.39 Å². The van der Waals surface area contributed by atoms with Gasteiger partial charge in [0.2, 0.25) is 5.95 Å². The molecule has 6 nitrogen and oxygen atoms in total. The highest BCUT2D eigenvalue weighted by atomic mass is 35.5. The number of hydrogen-bond acceptors (Lipinski definition) is 5. The van der Waals surface area contributed by atoms with Crippen LogP contribution in [0.25, 0.3) is 11.6 Å². The van der Waals surface area contributed by atoms with Gasteiger partial charge in [0.15, 0.2) is 11.6 Å². The van der Waals surface area contributed by atoms with E-state index >= 15 is 0 Å². The first-order valence-corrected chi connectivity index (χ1v) is 8.16. The van der Waals surface area contributed by atoms with Gasteiger partial charge in [-0.1, -0.05) is 11.6 Å². The van der Waals surface area contributed by atoms with E-state index in [1.54, 1.807) is 18.2 Å². The van der Waals surface area contributed by atoms with Gasteiger partial charge >= 0.3 is 0 Å². The van der Waals surface area contributed by atoms with E-state index in [1.165, 1.54) is 12.5 Å². The summed E-state index contributed by atoms with van der Waals surface area (Å²) in [6.45, 7) is 1.38. The van der Waals surface area contributed by atoms with Crippen molar-refractivity contribution in [1.82, 2.24) is 19.9 Å². The van der Waals surface area contributed by atoms with Gasteiger partial charge < -0.3 is 9.40 Å². The van der Waals surface area contributed by atoms with Crippen molar-refractivity contribution in [2.45, 2.75) is 19.5 Å². The summed E-state index contributed by atoms with van der Waals surface area (Å²) in [7, 11) is 0. The van der Waals surface area contributed by atoms with E-state index in [9.17, 15) is 9.18 Å². The lowest BCUT2D eigenvalue weighted by molar-refractivity contribution is 0.237. The molecule has 0 aromatic carbocycles. The summed E-state index contributed by atoms with van der Waals surface area (Å²) in [5, 5.41) is 0.386. The summed E-state index contributed by atoms with van der Waals surface area (Å²) in [6, 6.07) is 5.04. The highest BCUT2D eigenvalue weighted by Gasteiger charge is 2.23. The minimum absolute atomic E-state index is 0.203. The Hall–Kier alpha value is -2.51. The van der Waals surface area contributed by atoms with Crippen LogP contribution in [0.2, 0.25) is 5.02 Å². The van der Waals surface area contributed by atoms with Crippen LogP contribution in [0.5, 0.6) is 0 Å². The number of hydrogen-bond donors (Lipinski definition) is 1. The van der Waals surface area contributed by atoms with Crippen LogP contribution in [0.1, 0.15) is 16.8 Å². The highest BCUT2D eigenvalue weighted by molar-refractivity contribution is 6.30. The smallest absolute Gasteiger partial charge is 0.256 e. The number of nitrogens with zero attached hydrogens (tertiary/aromatic N) is 3. The molecule has 25 heavy (non-hydrogen) atoms. The molecule has 0 amide bonds. The number of aromatic nitrogens is 3. The van der Waals surface area contributed by atoms with Crippen LogP contribution >= 0.6 is 11.6 Å². The minimum Gasteiger partial charge on any atom is -0.461 e. The zero-order valence-corrected chi connectivity index (χ0v) is 13.9. The monoisotopic (exact) mass is 360 g/mol. The van der Waals surface area contributed by atoms with Crippen molar-refractivity contribution in [3.8, 4) is 11.6 Å². The molecule has 0 spiro atoms. The molecule has 8 heteroatoms. The summed E-state index contributed by atoms with van der Waals surface area (Å²) < 4.78 is 19.1. The van der Waals surface area contributed by atoms with Crippen LogP contribution in [-0.2, 0) is 19.5 Å². The van der Waals surface area contributed by atoms with Crippen LogP contribution in [-0.4, -0.2) is 26.4 Å². The van der Waals surface area contributed by atoms with Crippen LogP contribution < -0.4 is 5.56 Å². The largest absolute Gasteiger partial charge is 0.461 e. The number of nitrogens with one attached hydrogen (secondary N) is 1. The van der Waals surface area contributed by atoms with Gasteiger partial charge in [-0.25, -0.2) is 9.97 Å². The van der Waals surface area contributed by atoms with Crippen molar-refractivity contribution in [1.29, 1.82) is 0 Å². The second kappa shape index (κ2) is 6.42. The van der Waals surface area contributed by atoms with Crippen molar-refractivity contribution in [2.75, 3.05) is 6.54 Å². The fourth-order valence-corrected chi connectivity index (χ4v) is 3.14. The standard InChI is InChI=1S/C17H14ClFN4O2/c18-11-6-10(15(19)20-7-11)8-23-4-3-13-12(9-23)17(24)22-16(21-13)14-2-1-5-25-14/h1-2,5-7H,3-4,8-9H2,(H,21,22,24). The van der Waals surface area contributed by atoms with E-state index in [-0.39, 0.29) is 5.56 Å². The lowest BCUT2D eigenvalue weighted by Crippen LogP contribution is -2.35. The second-order valence-corrected chi connectivity index (χ2v) is 6.32. The van der Waals surface area contributed by atoms with E-state index in [2.05, 4.69) is 15.0 Å². The average Bonchev–Trinajstić information content (AvgIpc) is 3.13. The lowest BCUT2D eigenvalue weighted by Gasteiger charge is -2.27. The molecule has 0 saturated heterocycles. The summed E-state index contributed by atoms with van der Waals surface area (Å²) >= 11 is 5.89. The Morgan fingerprint density at radius 2 is 2.32 bits per heavy atom. The molecule has 3 aromatic rings. The first-order valence-electron chi connectivity index (χ1n) is 7.78. The quantitative estimate of drug-likeness (QED) is 0.727. The summed E-state index contributed by atoms with van der Waals surface area (Å²) in [6.07, 6.45) is 3.41. The fourth-order valence-electron chi connectivity index (χ4n) is 2.96. The van der Waals surface area contributed by atoms with Crippen molar-refractivity contribution in [3.05, 3.63) is 68.8 Å². The Morgan fingerprint density at radius 3 is 3.12 bits per heavy atom. The maximum atomic E-state index is 13.8. The first kappa shape index (κ1) is 16.0. The topological polar surface area (TPSA) is 75.0 Å². The predicted octanol–water partition coefficient (Wildman–Crippen LogP) is 2.78. The van der Waals surface area contributed by atoms with E-state index < -0.39 is 5.95 Å². The number of pyridine rings is 1. The summed E-state index contributed by atoms with van der Waals surface area (Å²) in [5.41, 5.74) is 1.55. The molecule has 3 aromatic heterocycles. The van der Waals surface area contributed by atoms with Crippen LogP contribution in [0.3, 0.4) is 0 Å². The molecule has 0 atom stereocenters. The molecule has 0 bridgehead atoms. The van der Waals surface area contributed by atoms with Crippen LogP contribution in [0.4, 0.5) is 4.39 Å². The maximum absolute atomic E-state index is 13.8. The molecule has 4 rings (SSSR count). The molecule has 0 unspecified atom stereocenters. The Balaban J connectivity index is 1.59. The molecule has 1 aliphatic heterocycles. The number of fused-ring (bicyclic) bond motifs is 1. The average molecular weight is 361 g/mol. The Bertz CT molecular complexity index is 971. The Morgan fingerprint density at radius 1 is 1.44 bits per heavy atom. The zero-order valence-electron chi connectivity index (χ0n) is 13.1. The Labute approximate surface area is 147 Å². The lowest BCUT2D eigenvalue weighted by atomic mass is 10.1. The molecular weight excluding hydrogens is 347 g/mol. The number of aromatic amines is 1. The first-order chi connectivity index (χ1) is 12.1. The van der Waals surface area contributed by atoms with Crippen LogP contribution in [0, 0.1) is 5.95 Å². The third-order valence-corrected chi connectivity index (χ3v) is 4.38. The number of furan rings is 1. The third kappa shape index (κ3) is 3.20. The highest BCUT2D eigenvalue weighted by Crippen LogP contribution is 2.21. The SMILES string of the molecule is O=c1[nH]c(-c2ccco2)nc2c1CN(Cc1cc(Cl)cnc1F)CC2. The van der Waals surface area contributed by atoms with E-state index in [0.717, 1.165) is 5.69 Å². The molecule has 0 saturated carbocycles. The van der Waals surface area contributed by atoms with Gasteiger partial charge in [0.1, 0.15) is 0 Å². The number of halogens is 2. The normalized spacial score (nSPS) is 14.5. The predicted molar refractivity (Wildman–Crippen MR) is 89.6 cm³/mol. The minimum atomic E-state index is -0.546. The van der Waals surface area contributed by atoms with Gasteiger partial charge in [0.05, 0.1) is 22.5 Å². The molecule has 0 fully saturated rings. The summed E-state index contributed by atoms with van der Waals surface area (Å²) in [4.78, 5) is 25.3. The molecular formula is C17H14ClFN4O2. The third-order valence-electron chi connectivity index (χ3n) is 4.17. The zero-order chi connectivity index (χ0) is 17.4. The van der Waals surface area contributed by atoms with Gasteiger partial charge in [-0.3, -0.25) is 9.69 Å². The molecule has 1 N–H and O–H groups in total. The number of rotatable bonds is 3. The van der Waals surface area contributed by atoms with Gasteiger partial charge in [0.25, 0.3) is 5.56 Å². The van der Waals surface area contributed by atoms with Crippen LogP contribution in [0.15, 0.2) is 39.9 Å². The van der Waals surface area contributed by atoms with Gasteiger partial charge in [-0.05, 0) is 18.2 Å². The Kier molecular flexibility index (Phi) is 4.10. The van der Waals surface area contributed by atoms with Gasteiger partial charge in [-0.15, -0.1) is 0 Å². The molecule has 1 aliphatic rings. The second-order valence-electron chi connectivity index (χ2n) is 5.88. The fraction of sp³-hybridized carbons (Fsp3) is 0.235. The van der Waals surface area contributed by atoms with Crippen molar-refractivity contribution in [3.63, 3.8) is 0 Å².